The van der Waals surface area contributed by atoms with Crippen LogP contribution >= 0.6 is 34.4 Å². The number of allylic oxidation sites excluding steroid dienone is 2. The molecule has 0 amide bonds. The number of likely N-dealkylation sites (tertiary alicyclic amines) is 1. The summed E-state index contributed by atoms with van der Waals surface area (Å²) in [5, 5.41) is 8.55. The van der Waals surface area contributed by atoms with Gasteiger partial charge in [0.1, 0.15) is 5.84 Å². The summed E-state index contributed by atoms with van der Waals surface area (Å²) in [6.07, 6.45) is 8.56. The van der Waals surface area contributed by atoms with Gasteiger partial charge >= 0.3 is 0 Å². The molecular weight excluding hydrogens is 367 g/mol. The molecule has 3 aliphatic rings. The first-order valence-corrected chi connectivity index (χ1v) is 9.76. The molecule has 2 saturated carbocycles. The highest BCUT2D eigenvalue weighted by atomic mass is 127. The van der Waals surface area contributed by atoms with Crippen LogP contribution < -0.4 is 0 Å². The lowest BCUT2D eigenvalue weighted by Gasteiger charge is -2.20. The molecule has 3 fully saturated rings. The lowest BCUT2D eigenvalue weighted by Crippen LogP contribution is -2.22. The number of thioether (sulfide) groups is 1. The molecular formula is C15H23IN2S. The highest BCUT2D eigenvalue weighted by Crippen LogP contribution is 2.56. The molecule has 3 rings (SSSR count). The Kier molecular flexibility index (Phi) is 3.93. The van der Waals surface area contributed by atoms with Crippen molar-refractivity contribution in [1.82, 2.24) is 4.90 Å². The van der Waals surface area contributed by atoms with E-state index < -0.39 is 0 Å². The number of hydrogen-bond donors (Lipinski definition) is 1. The molecule has 2 aliphatic carbocycles. The maximum Gasteiger partial charge on any atom is 0.113 e. The number of rotatable bonds is 2. The number of hydrogen-bond acceptors (Lipinski definition) is 2. The van der Waals surface area contributed by atoms with Crippen LogP contribution in [-0.2, 0) is 0 Å². The summed E-state index contributed by atoms with van der Waals surface area (Å²) in [6, 6.07) is 0. The summed E-state index contributed by atoms with van der Waals surface area (Å²) in [7, 11) is 2.08. The zero-order chi connectivity index (χ0) is 13.7. The Balaban J connectivity index is 1.81. The second kappa shape index (κ2) is 5.24. The minimum Gasteiger partial charge on any atom is -0.336 e. The maximum absolute atomic E-state index is 8.17. The predicted octanol–water partition coefficient (Wildman–Crippen LogP) is 4.01. The summed E-state index contributed by atoms with van der Waals surface area (Å²) >= 11 is 4.48. The summed E-state index contributed by atoms with van der Waals surface area (Å²) in [6.45, 7) is 2.43. The first kappa shape index (κ1) is 14.2. The second-order valence-corrected chi connectivity index (χ2v) is 9.04. The van der Waals surface area contributed by atoms with Crippen LogP contribution in [0.3, 0.4) is 0 Å². The van der Waals surface area contributed by atoms with Crippen LogP contribution in [0.1, 0.15) is 26.2 Å². The monoisotopic (exact) mass is 390 g/mol. The van der Waals surface area contributed by atoms with Crippen LogP contribution in [0.2, 0.25) is 0 Å². The highest BCUT2D eigenvalue weighted by molar-refractivity contribution is 14.1. The van der Waals surface area contributed by atoms with Crippen molar-refractivity contribution >= 4 is 40.2 Å². The van der Waals surface area contributed by atoms with Crippen LogP contribution in [0.4, 0.5) is 0 Å². The van der Waals surface area contributed by atoms with Crippen molar-refractivity contribution in [1.29, 1.82) is 5.41 Å². The van der Waals surface area contributed by atoms with E-state index >= 15 is 0 Å². The van der Waals surface area contributed by atoms with Crippen molar-refractivity contribution in [3.63, 3.8) is 0 Å². The van der Waals surface area contributed by atoms with E-state index in [0.29, 0.717) is 5.25 Å². The summed E-state index contributed by atoms with van der Waals surface area (Å²) < 4.78 is 0.878. The van der Waals surface area contributed by atoms with E-state index in [0.717, 1.165) is 39.9 Å². The van der Waals surface area contributed by atoms with Gasteiger partial charge in [-0.05, 0) is 42.8 Å². The van der Waals surface area contributed by atoms with Gasteiger partial charge in [0, 0.05) is 23.1 Å². The number of nitrogens with zero attached hydrogens (tertiary/aromatic N) is 1. The number of alkyl halides is 1. The summed E-state index contributed by atoms with van der Waals surface area (Å²) in [5.74, 6) is 4.27. The molecule has 2 nitrogen and oxygen atoms in total. The third-order valence-corrected chi connectivity index (χ3v) is 7.88. The SMILES string of the molecule is CSC1C/C(=C\C2C3CC(I)C2CC3C)N(C)C1=N. The van der Waals surface area contributed by atoms with Gasteiger partial charge in [0.05, 0.1) is 5.25 Å². The van der Waals surface area contributed by atoms with Crippen molar-refractivity contribution in [2.75, 3.05) is 13.3 Å². The Morgan fingerprint density at radius 1 is 1.37 bits per heavy atom. The Morgan fingerprint density at radius 2 is 2.11 bits per heavy atom. The van der Waals surface area contributed by atoms with Gasteiger partial charge in [-0.3, -0.25) is 5.41 Å². The van der Waals surface area contributed by atoms with Crippen molar-refractivity contribution in [2.24, 2.45) is 23.7 Å². The number of fused-ring (bicyclic) bond motifs is 2. The van der Waals surface area contributed by atoms with Crippen molar-refractivity contribution < 1.29 is 0 Å². The van der Waals surface area contributed by atoms with Crippen LogP contribution in [0.25, 0.3) is 0 Å². The Labute approximate surface area is 134 Å². The fourth-order valence-corrected chi connectivity index (χ4v) is 6.39. The Bertz CT molecular complexity index is 406. The lowest BCUT2D eigenvalue weighted by atomic mass is 9.89. The first-order chi connectivity index (χ1) is 9.02. The molecule has 1 N–H and O–H groups in total. The smallest absolute Gasteiger partial charge is 0.113 e. The maximum atomic E-state index is 8.17. The van der Waals surface area contributed by atoms with Gasteiger partial charge in [0.2, 0.25) is 0 Å². The molecule has 0 radical (unpaired) electrons. The predicted molar refractivity (Wildman–Crippen MR) is 92.2 cm³/mol. The van der Waals surface area contributed by atoms with Crippen molar-refractivity contribution in [2.45, 2.75) is 35.4 Å². The third kappa shape index (κ3) is 2.27. The molecule has 0 aromatic carbocycles. The van der Waals surface area contributed by atoms with Crippen molar-refractivity contribution in [3.8, 4) is 0 Å². The first-order valence-electron chi connectivity index (χ1n) is 7.22. The van der Waals surface area contributed by atoms with Gasteiger partial charge in [-0.15, -0.1) is 0 Å². The quantitative estimate of drug-likeness (QED) is 0.570. The van der Waals surface area contributed by atoms with Crippen LogP contribution in [0.5, 0.6) is 0 Å². The molecule has 19 heavy (non-hydrogen) atoms. The van der Waals surface area contributed by atoms with Gasteiger partial charge in [0.25, 0.3) is 0 Å². The van der Waals surface area contributed by atoms with E-state index in [-0.39, 0.29) is 0 Å². The lowest BCUT2D eigenvalue weighted by molar-refractivity contribution is 0.362. The van der Waals surface area contributed by atoms with Gasteiger partial charge in [-0.2, -0.15) is 11.8 Å². The fraction of sp³-hybridized carbons (Fsp3) is 0.800. The van der Waals surface area contributed by atoms with Gasteiger partial charge in [-0.1, -0.05) is 35.6 Å². The minimum absolute atomic E-state index is 0.378. The molecule has 6 atom stereocenters. The standard InChI is InChI=1S/C15H23IN2S/c1-8-4-12-11(10(8)7-13(12)16)5-9-6-14(19-3)15(17)18(9)2/h5,8,10-14,17H,4,6-7H2,1-3H3/b9-5+,17-15?. The molecule has 1 saturated heterocycles. The molecule has 0 spiro atoms. The van der Waals surface area contributed by atoms with E-state index in [1.807, 2.05) is 11.8 Å². The number of amidine groups is 1. The van der Waals surface area contributed by atoms with Crippen LogP contribution in [0, 0.1) is 29.1 Å². The van der Waals surface area contributed by atoms with E-state index in [2.05, 4.69) is 53.8 Å². The van der Waals surface area contributed by atoms with Crippen LogP contribution in [0.15, 0.2) is 11.8 Å². The molecule has 1 heterocycles. The summed E-state index contributed by atoms with van der Waals surface area (Å²) in [5.41, 5.74) is 1.41. The minimum atomic E-state index is 0.378. The highest BCUT2D eigenvalue weighted by Gasteiger charge is 2.50. The van der Waals surface area contributed by atoms with Gasteiger partial charge in [0.15, 0.2) is 0 Å². The Hall–Kier alpha value is 0.290. The van der Waals surface area contributed by atoms with Gasteiger partial charge in [-0.25, -0.2) is 0 Å². The average molecular weight is 390 g/mol. The molecule has 2 bridgehead atoms. The Morgan fingerprint density at radius 3 is 2.63 bits per heavy atom. The normalized spacial score (nSPS) is 47.7. The zero-order valence-corrected chi connectivity index (χ0v) is 14.9. The number of nitrogens with one attached hydrogen (secondary N) is 1. The second-order valence-electron chi connectivity index (χ2n) is 6.40. The molecule has 0 aromatic heterocycles. The average Bonchev–Trinajstić information content (AvgIpc) is 2.94. The fourth-order valence-electron chi connectivity index (χ4n) is 4.31. The largest absolute Gasteiger partial charge is 0.336 e. The zero-order valence-electron chi connectivity index (χ0n) is 11.9. The molecule has 0 aromatic rings. The van der Waals surface area contributed by atoms with E-state index in [1.54, 1.807) is 0 Å². The van der Waals surface area contributed by atoms with E-state index in [4.69, 9.17) is 5.41 Å². The summed E-state index contributed by atoms with van der Waals surface area (Å²) in [4.78, 5) is 2.13. The number of halogens is 1. The van der Waals surface area contributed by atoms with E-state index in [9.17, 15) is 0 Å². The van der Waals surface area contributed by atoms with E-state index in [1.165, 1.54) is 18.5 Å². The molecule has 106 valence electrons. The van der Waals surface area contributed by atoms with Crippen molar-refractivity contribution in [3.05, 3.63) is 11.8 Å². The molecule has 1 aliphatic heterocycles. The topological polar surface area (TPSA) is 27.1 Å². The van der Waals surface area contributed by atoms with Crippen LogP contribution in [-0.4, -0.2) is 33.2 Å². The molecule has 6 unspecified atom stereocenters. The molecule has 4 heteroatoms. The third-order valence-electron chi connectivity index (χ3n) is 5.49. The van der Waals surface area contributed by atoms with Gasteiger partial charge < -0.3 is 4.90 Å².